The Morgan fingerprint density at radius 2 is 2.08 bits per heavy atom. The van der Waals surface area contributed by atoms with Crippen molar-refractivity contribution in [2.45, 2.75) is 33.2 Å². The molecule has 0 rings (SSSR count). The highest BCUT2D eigenvalue weighted by Gasteiger charge is 2.26. The van der Waals surface area contributed by atoms with Crippen molar-refractivity contribution in [3.05, 3.63) is 0 Å². The Hall–Kier alpha value is -1.06. The van der Waals surface area contributed by atoms with Crippen LogP contribution in [0.1, 0.15) is 27.2 Å². The van der Waals surface area contributed by atoms with Crippen molar-refractivity contribution < 1.29 is 14.7 Å². The normalized spacial score (nSPS) is 12.6. The second-order valence-corrected chi connectivity index (χ2v) is 3.37. The van der Waals surface area contributed by atoms with E-state index in [1.54, 1.807) is 13.8 Å². The van der Waals surface area contributed by atoms with E-state index < -0.39 is 12.0 Å². The predicted octanol–water partition coefficient (Wildman–Crippen LogP) is 0.964. The van der Waals surface area contributed by atoms with Gasteiger partial charge in [-0.3, -0.25) is 4.79 Å². The third kappa shape index (κ3) is 3.44. The lowest BCUT2D eigenvalue weighted by Crippen LogP contribution is -2.44. The molecule has 0 fully saturated rings. The number of nitrogens with zero attached hydrogens (tertiary/aromatic N) is 1. The van der Waals surface area contributed by atoms with Crippen LogP contribution in [0.25, 0.3) is 0 Å². The van der Waals surface area contributed by atoms with Crippen LogP contribution in [-0.2, 0) is 9.59 Å². The van der Waals surface area contributed by atoms with Crippen molar-refractivity contribution in [3.63, 3.8) is 0 Å². The molecule has 1 unspecified atom stereocenters. The summed E-state index contributed by atoms with van der Waals surface area (Å²) in [6.45, 7) is 6.00. The first kappa shape index (κ1) is 11.9. The monoisotopic (exact) mass is 187 g/mol. The van der Waals surface area contributed by atoms with E-state index in [9.17, 15) is 9.59 Å². The molecule has 0 saturated carbocycles. The van der Waals surface area contributed by atoms with Gasteiger partial charge in [0, 0.05) is 6.54 Å². The van der Waals surface area contributed by atoms with Gasteiger partial charge in [0.05, 0.1) is 0 Å². The maximum absolute atomic E-state index is 10.8. The fourth-order valence-corrected chi connectivity index (χ4v) is 1.33. The zero-order valence-corrected chi connectivity index (χ0v) is 8.36. The molecule has 76 valence electrons. The highest BCUT2D eigenvalue weighted by molar-refractivity contribution is 5.76. The summed E-state index contributed by atoms with van der Waals surface area (Å²) in [6, 6.07) is -0.697. The lowest BCUT2D eigenvalue weighted by atomic mass is 10.0. The van der Waals surface area contributed by atoms with E-state index in [0.717, 1.165) is 6.42 Å². The number of hydrogen-bond donors (Lipinski definition) is 1. The summed E-state index contributed by atoms with van der Waals surface area (Å²) in [7, 11) is 0. The predicted molar refractivity (Wildman–Crippen MR) is 49.3 cm³/mol. The molecule has 0 aromatic heterocycles. The number of hydrogen-bond acceptors (Lipinski definition) is 2. The summed E-state index contributed by atoms with van der Waals surface area (Å²) in [4.78, 5) is 22.8. The summed E-state index contributed by atoms with van der Waals surface area (Å²) in [5.74, 6) is -0.996. The highest BCUT2D eigenvalue weighted by atomic mass is 16.4. The molecule has 4 nitrogen and oxygen atoms in total. The molecule has 0 aliphatic carbocycles. The lowest BCUT2D eigenvalue weighted by Gasteiger charge is -2.27. The van der Waals surface area contributed by atoms with Gasteiger partial charge >= 0.3 is 5.97 Å². The van der Waals surface area contributed by atoms with Crippen molar-refractivity contribution in [2.24, 2.45) is 5.92 Å². The maximum atomic E-state index is 10.8. The Labute approximate surface area is 78.5 Å². The Balaban J connectivity index is 4.48. The molecular weight excluding hydrogens is 170 g/mol. The minimum Gasteiger partial charge on any atom is -0.480 e. The second-order valence-electron chi connectivity index (χ2n) is 3.37. The maximum Gasteiger partial charge on any atom is 0.326 e. The van der Waals surface area contributed by atoms with Crippen molar-refractivity contribution in [3.8, 4) is 0 Å². The number of carbonyl (C=O) groups excluding carboxylic acids is 1. The van der Waals surface area contributed by atoms with Crippen LogP contribution in [0, 0.1) is 5.92 Å². The van der Waals surface area contributed by atoms with Gasteiger partial charge in [-0.05, 0) is 12.3 Å². The zero-order chi connectivity index (χ0) is 10.4. The Morgan fingerprint density at radius 1 is 1.54 bits per heavy atom. The van der Waals surface area contributed by atoms with Crippen LogP contribution in [0.3, 0.4) is 0 Å². The van der Waals surface area contributed by atoms with Crippen molar-refractivity contribution in [1.29, 1.82) is 0 Å². The summed E-state index contributed by atoms with van der Waals surface area (Å²) >= 11 is 0. The fourth-order valence-electron chi connectivity index (χ4n) is 1.33. The van der Waals surface area contributed by atoms with E-state index in [-0.39, 0.29) is 5.92 Å². The van der Waals surface area contributed by atoms with Crippen LogP contribution >= 0.6 is 0 Å². The largest absolute Gasteiger partial charge is 0.480 e. The van der Waals surface area contributed by atoms with Gasteiger partial charge in [-0.1, -0.05) is 20.8 Å². The SMILES string of the molecule is CCCN(C=O)C(C(=O)O)C(C)C. The zero-order valence-electron chi connectivity index (χ0n) is 8.36. The van der Waals surface area contributed by atoms with Crippen LogP contribution in [-0.4, -0.2) is 35.0 Å². The summed E-state index contributed by atoms with van der Waals surface area (Å²) in [6.07, 6.45) is 1.39. The van der Waals surface area contributed by atoms with Crippen LogP contribution in [0.2, 0.25) is 0 Å². The number of carboxylic acid groups (broad SMARTS) is 1. The fraction of sp³-hybridized carbons (Fsp3) is 0.778. The van der Waals surface area contributed by atoms with Crippen molar-refractivity contribution in [2.75, 3.05) is 6.54 Å². The van der Waals surface area contributed by atoms with E-state index >= 15 is 0 Å². The second kappa shape index (κ2) is 5.56. The smallest absolute Gasteiger partial charge is 0.326 e. The van der Waals surface area contributed by atoms with Crippen molar-refractivity contribution >= 4 is 12.4 Å². The minimum absolute atomic E-state index is 0.0609. The Morgan fingerprint density at radius 3 is 2.31 bits per heavy atom. The van der Waals surface area contributed by atoms with E-state index in [2.05, 4.69) is 0 Å². The van der Waals surface area contributed by atoms with Crippen LogP contribution in [0.5, 0.6) is 0 Å². The standard InChI is InChI=1S/C9H17NO3/c1-4-5-10(6-11)8(7(2)3)9(12)13/h6-8H,4-5H2,1-3H3,(H,12,13). The molecule has 1 atom stereocenters. The molecule has 0 radical (unpaired) electrons. The van der Waals surface area contributed by atoms with Gasteiger partial charge in [0.15, 0.2) is 0 Å². The highest BCUT2D eigenvalue weighted by Crippen LogP contribution is 2.09. The molecule has 0 heterocycles. The first-order valence-corrected chi connectivity index (χ1v) is 4.48. The number of carbonyl (C=O) groups is 2. The van der Waals surface area contributed by atoms with E-state index in [4.69, 9.17) is 5.11 Å². The molecule has 0 spiro atoms. The third-order valence-corrected chi connectivity index (χ3v) is 1.86. The molecule has 0 aliphatic heterocycles. The molecule has 1 amide bonds. The van der Waals surface area contributed by atoms with Gasteiger partial charge < -0.3 is 10.0 Å². The number of aliphatic carboxylic acids is 1. The van der Waals surface area contributed by atoms with E-state index in [1.165, 1.54) is 4.90 Å². The number of carboxylic acids is 1. The molecule has 4 heteroatoms. The van der Waals surface area contributed by atoms with Gasteiger partial charge in [-0.2, -0.15) is 0 Å². The van der Waals surface area contributed by atoms with Crippen LogP contribution in [0.15, 0.2) is 0 Å². The average molecular weight is 187 g/mol. The molecule has 13 heavy (non-hydrogen) atoms. The first-order chi connectivity index (χ1) is 6.04. The lowest BCUT2D eigenvalue weighted by molar-refractivity contribution is -0.148. The van der Waals surface area contributed by atoms with Crippen molar-refractivity contribution in [1.82, 2.24) is 4.90 Å². The quantitative estimate of drug-likeness (QED) is 0.630. The molecule has 1 N–H and O–H groups in total. The number of rotatable bonds is 6. The average Bonchev–Trinajstić information content (AvgIpc) is 2.02. The summed E-state index contributed by atoms with van der Waals surface area (Å²) in [5.41, 5.74) is 0. The summed E-state index contributed by atoms with van der Waals surface area (Å²) in [5, 5.41) is 8.87. The van der Waals surface area contributed by atoms with Gasteiger partial charge in [0.1, 0.15) is 6.04 Å². The third-order valence-electron chi connectivity index (χ3n) is 1.86. The summed E-state index contributed by atoms with van der Waals surface area (Å²) < 4.78 is 0. The Bertz CT molecular complexity index is 180. The molecular formula is C9H17NO3. The van der Waals surface area contributed by atoms with Crippen LogP contribution < -0.4 is 0 Å². The van der Waals surface area contributed by atoms with E-state index in [1.807, 2.05) is 6.92 Å². The molecule has 0 aromatic carbocycles. The molecule has 0 saturated heterocycles. The molecule has 0 aliphatic rings. The van der Waals surface area contributed by atoms with Gasteiger partial charge in [-0.15, -0.1) is 0 Å². The van der Waals surface area contributed by atoms with E-state index in [0.29, 0.717) is 13.0 Å². The van der Waals surface area contributed by atoms with Gasteiger partial charge in [-0.25, -0.2) is 4.79 Å². The Kier molecular flexibility index (Phi) is 5.11. The minimum atomic E-state index is -0.935. The van der Waals surface area contributed by atoms with Gasteiger partial charge in [0.2, 0.25) is 6.41 Å². The van der Waals surface area contributed by atoms with Gasteiger partial charge in [0.25, 0.3) is 0 Å². The van der Waals surface area contributed by atoms with Crippen LogP contribution in [0.4, 0.5) is 0 Å². The first-order valence-electron chi connectivity index (χ1n) is 4.48. The molecule has 0 aromatic rings. The molecule has 0 bridgehead atoms. The topological polar surface area (TPSA) is 57.6 Å². The number of amides is 1.